The molecule has 0 aliphatic heterocycles. The molecule has 2 N–H and O–H groups in total. The molecule has 0 spiro atoms. The van der Waals surface area contributed by atoms with Crippen molar-refractivity contribution in [2.24, 2.45) is 0 Å². The lowest BCUT2D eigenvalue weighted by Crippen LogP contribution is -2.16. The summed E-state index contributed by atoms with van der Waals surface area (Å²) in [4.78, 5) is 12.0. The average Bonchev–Trinajstić information content (AvgIpc) is 2.50. The number of nitrogens with zero attached hydrogens (tertiary/aromatic N) is 2. The third-order valence-corrected chi connectivity index (χ3v) is 2.95. The molecule has 1 aromatic carbocycles. The molecule has 110 valence electrons. The van der Waals surface area contributed by atoms with Gasteiger partial charge in [0.15, 0.2) is 11.5 Å². The standard InChI is InChI=1S/C14H14ClFN4O/c1-2-8-17-12-7-6-11(19-20-12)14(21)18-10-5-3-4-9(15)13(10)16/h3-7H,2,8H2,1H3,(H,17,20)(H,18,21). The van der Waals surface area contributed by atoms with Gasteiger partial charge in [-0.3, -0.25) is 4.79 Å². The van der Waals surface area contributed by atoms with E-state index in [1.54, 1.807) is 12.1 Å². The molecule has 0 radical (unpaired) electrons. The van der Waals surface area contributed by atoms with E-state index in [0.29, 0.717) is 5.82 Å². The number of aromatic nitrogens is 2. The summed E-state index contributed by atoms with van der Waals surface area (Å²) < 4.78 is 13.7. The first-order valence-electron chi connectivity index (χ1n) is 6.44. The number of anilines is 2. The maximum atomic E-state index is 13.7. The van der Waals surface area contributed by atoms with E-state index < -0.39 is 11.7 Å². The molecule has 1 heterocycles. The Labute approximate surface area is 126 Å². The number of halogens is 2. The topological polar surface area (TPSA) is 66.9 Å². The normalized spacial score (nSPS) is 10.2. The molecule has 0 saturated heterocycles. The SMILES string of the molecule is CCCNc1ccc(C(=O)Nc2cccc(Cl)c2F)nn1. The van der Waals surface area contributed by atoms with Crippen molar-refractivity contribution in [3.8, 4) is 0 Å². The van der Waals surface area contributed by atoms with Gasteiger partial charge in [-0.25, -0.2) is 4.39 Å². The van der Waals surface area contributed by atoms with E-state index >= 15 is 0 Å². The van der Waals surface area contributed by atoms with E-state index in [9.17, 15) is 9.18 Å². The third kappa shape index (κ3) is 3.88. The summed E-state index contributed by atoms with van der Waals surface area (Å²) in [5.41, 5.74) is 0.0962. The van der Waals surface area contributed by atoms with Gasteiger partial charge in [-0.05, 0) is 30.7 Å². The van der Waals surface area contributed by atoms with Crippen LogP contribution >= 0.6 is 11.6 Å². The van der Waals surface area contributed by atoms with E-state index in [2.05, 4.69) is 20.8 Å². The molecule has 2 rings (SSSR count). The van der Waals surface area contributed by atoms with Crippen LogP contribution in [0.15, 0.2) is 30.3 Å². The Kier molecular flexibility index (Phi) is 5.05. The van der Waals surface area contributed by atoms with Crippen molar-refractivity contribution in [2.75, 3.05) is 17.2 Å². The predicted octanol–water partition coefficient (Wildman–Crippen LogP) is 3.34. The van der Waals surface area contributed by atoms with Crippen LogP contribution in [-0.2, 0) is 0 Å². The smallest absolute Gasteiger partial charge is 0.276 e. The molecule has 1 amide bonds. The molecule has 0 saturated carbocycles. The highest BCUT2D eigenvalue weighted by Gasteiger charge is 2.12. The fourth-order valence-corrected chi connectivity index (χ4v) is 1.76. The van der Waals surface area contributed by atoms with Gasteiger partial charge in [0, 0.05) is 6.54 Å². The van der Waals surface area contributed by atoms with E-state index in [1.807, 2.05) is 6.92 Å². The minimum Gasteiger partial charge on any atom is -0.369 e. The van der Waals surface area contributed by atoms with Crippen LogP contribution in [-0.4, -0.2) is 22.6 Å². The van der Waals surface area contributed by atoms with Crippen LogP contribution in [0.25, 0.3) is 0 Å². The second kappa shape index (κ2) is 6.99. The molecular formula is C14H14ClFN4O. The Hall–Kier alpha value is -2.21. The highest BCUT2D eigenvalue weighted by Crippen LogP contribution is 2.22. The van der Waals surface area contributed by atoms with Crippen molar-refractivity contribution in [1.29, 1.82) is 0 Å². The molecule has 7 heteroatoms. The number of nitrogens with one attached hydrogen (secondary N) is 2. The van der Waals surface area contributed by atoms with Crippen molar-refractivity contribution < 1.29 is 9.18 Å². The second-order valence-electron chi connectivity index (χ2n) is 4.29. The predicted molar refractivity (Wildman–Crippen MR) is 80.2 cm³/mol. The van der Waals surface area contributed by atoms with Gasteiger partial charge in [0.05, 0.1) is 10.7 Å². The van der Waals surface area contributed by atoms with E-state index in [4.69, 9.17) is 11.6 Å². The van der Waals surface area contributed by atoms with E-state index in [0.717, 1.165) is 13.0 Å². The van der Waals surface area contributed by atoms with Crippen LogP contribution in [0.3, 0.4) is 0 Å². The highest BCUT2D eigenvalue weighted by atomic mass is 35.5. The minimum atomic E-state index is -0.679. The number of hydrogen-bond donors (Lipinski definition) is 2. The Morgan fingerprint density at radius 2 is 2.10 bits per heavy atom. The summed E-state index contributed by atoms with van der Waals surface area (Å²) in [6.07, 6.45) is 0.956. The van der Waals surface area contributed by atoms with Gasteiger partial charge in [0.1, 0.15) is 5.82 Å². The van der Waals surface area contributed by atoms with Crippen LogP contribution in [0.5, 0.6) is 0 Å². The molecule has 0 fully saturated rings. The molecular weight excluding hydrogens is 295 g/mol. The first-order chi connectivity index (χ1) is 10.1. The molecule has 0 unspecified atom stereocenters. The number of rotatable bonds is 5. The fourth-order valence-electron chi connectivity index (χ4n) is 1.59. The molecule has 0 bridgehead atoms. The zero-order chi connectivity index (χ0) is 15.2. The zero-order valence-corrected chi connectivity index (χ0v) is 12.1. The number of amides is 1. The molecule has 0 atom stereocenters. The lowest BCUT2D eigenvalue weighted by molar-refractivity contribution is 0.102. The third-order valence-electron chi connectivity index (χ3n) is 2.65. The number of carbonyl (C=O) groups is 1. The first-order valence-corrected chi connectivity index (χ1v) is 6.82. The second-order valence-corrected chi connectivity index (χ2v) is 4.69. The first kappa shape index (κ1) is 15.2. The van der Waals surface area contributed by atoms with Crippen molar-refractivity contribution in [1.82, 2.24) is 10.2 Å². The molecule has 2 aromatic rings. The van der Waals surface area contributed by atoms with Crippen LogP contribution in [0.1, 0.15) is 23.8 Å². The van der Waals surface area contributed by atoms with Crippen molar-refractivity contribution in [3.05, 3.63) is 46.9 Å². The molecule has 0 aliphatic carbocycles. The molecule has 0 aliphatic rings. The lowest BCUT2D eigenvalue weighted by atomic mass is 10.3. The Morgan fingerprint density at radius 3 is 2.76 bits per heavy atom. The summed E-state index contributed by atoms with van der Waals surface area (Å²) >= 11 is 5.65. The summed E-state index contributed by atoms with van der Waals surface area (Å²) in [6.45, 7) is 2.80. The Morgan fingerprint density at radius 1 is 1.29 bits per heavy atom. The summed E-state index contributed by atoms with van der Waals surface area (Å²) in [7, 11) is 0. The Bertz CT molecular complexity index is 633. The quantitative estimate of drug-likeness (QED) is 0.889. The monoisotopic (exact) mass is 308 g/mol. The van der Waals surface area contributed by atoms with Crippen molar-refractivity contribution in [2.45, 2.75) is 13.3 Å². The Balaban J connectivity index is 2.08. The van der Waals surface area contributed by atoms with Gasteiger partial charge in [0.2, 0.25) is 0 Å². The van der Waals surface area contributed by atoms with E-state index in [-0.39, 0.29) is 16.4 Å². The molecule has 5 nitrogen and oxygen atoms in total. The summed E-state index contributed by atoms with van der Waals surface area (Å²) in [6, 6.07) is 7.53. The van der Waals surface area contributed by atoms with Gasteiger partial charge in [0.25, 0.3) is 5.91 Å². The van der Waals surface area contributed by atoms with Gasteiger partial charge in [-0.1, -0.05) is 24.6 Å². The number of carbonyl (C=O) groups excluding carboxylic acids is 1. The van der Waals surface area contributed by atoms with Gasteiger partial charge in [-0.15, -0.1) is 10.2 Å². The van der Waals surface area contributed by atoms with Gasteiger partial charge < -0.3 is 10.6 Å². The van der Waals surface area contributed by atoms with Crippen LogP contribution in [0, 0.1) is 5.82 Å². The number of benzene rings is 1. The zero-order valence-electron chi connectivity index (χ0n) is 11.4. The summed E-state index contributed by atoms with van der Waals surface area (Å²) in [5.74, 6) is -0.644. The average molecular weight is 309 g/mol. The fraction of sp³-hybridized carbons (Fsp3) is 0.214. The van der Waals surface area contributed by atoms with Gasteiger partial charge in [-0.2, -0.15) is 0 Å². The molecule has 21 heavy (non-hydrogen) atoms. The largest absolute Gasteiger partial charge is 0.369 e. The lowest BCUT2D eigenvalue weighted by Gasteiger charge is -2.07. The maximum absolute atomic E-state index is 13.7. The minimum absolute atomic E-state index is 0.00230. The van der Waals surface area contributed by atoms with Crippen LogP contribution < -0.4 is 10.6 Å². The van der Waals surface area contributed by atoms with Gasteiger partial charge >= 0.3 is 0 Å². The van der Waals surface area contributed by atoms with Crippen LogP contribution in [0.2, 0.25) is 5.02 Å². The van der Waals surface area contributed by atoms with Crippen LogP contribution in [0.4, 0.5) is 15.9 Å². The van der Waals surface area contributed by atoms with E-state index in [1.165, 1.54) is 18.2 Å². The maximum Gasteiger partial charge on any atom is 0.276 e. The number of hydrogen-bond acceptors (Lipinski definition) is 4. The molecule has 1 aromatic heterocycles. The van der Waals surface area contributed by atoms with Crippen molar-refractivity contribution in [3.63, 3.8) is 0 Å². The highest BCUT2D eigenvalue weighted by molar-refractivity contribution is 6.31. The summed E-state index contributed by atoms with van der Waals surface area (Å²) in [5, 5.41) is 13.1. The van der Waals surface area contributed by atoms with Crippen molar-refractivity contribution >= 4 is 29.0 Å².